The standard InChI is InChI=1S/C14H17N3O3/c1-19-12-4-3-10(7-11(12)18)5-6-15-13-8-14(20-2)17-9-16-13/h3-4,7-9,18H,5-6H2,1-2H3,(H,15,16,17). The fraction of sp³-hybridized carbons (Fsp3) is 0.286. The van der Waals surface area contributed by atoms with Crippen molar-refractivity contribution >= 4 is 5.82 Å². The largest absolute Gasteiger partial charge is 0.504 e. The van der Waals surface area contributed by atoms with Crippen molar-refractivity contribution in [1.82, 2.24) is 9.97 Å². The molecule has 0 amide bonds. The molecule has 1 heterocycles. The molecular formula is C14H17N3O3. The number of phenolic OH excluding ortho intramolecular Hbond substituents is 1. The van der Waals surface area contributed by atoms with E-state index in [9.17, 15) is 5.11 Å². The monoisotopic (exact) mass is 275 g/mol. The Morgan fingerprint density at radius 2 is 2.00 bits per heavy atom. The third-order valence-electron chi connectivity index (χ3n) is 2.81. The summed E-state index contributed by atoms with van der Waals surface area (Å²) in [7, 11) is 3.09. The SMILES string of the molecule is COc1cc(NCCc2ccc(OC)c(O)c2)ncn1. The lowest BCUT2D eigenvalue weighted by Gasteiger charge is -2.08. The fourth-order valence-electron chi connectivity index (χ4n) is 1.77. The minimum Gasteiger partial charge on any atom is -0.504 e. The van der Waals surface area contributed by atoms with Crippen LogP contribution in [0, 0.1) is 0 Å². The summed E-state index contributed by atoms with van der Waals surface area (Å²) in [4.78, 5) is 8.03. The molecule has 0 aliphatic rings. The number of rotatable bonds is 6. The predicted octanol–water partition coefficient (Wildman–Crippen LogP) is 1.85. The van der Waals surface area contributed by atoms with Gasteiger partial charge in [-0.05, 0) is 24.1 Å². The number of hydrogen-bond acceptors (Lipinski definition) is 6. The topological polar surface area (TPSA) is 76.5 Å². The summed E-state index contributed by atoms with van der Waals surface area (Å²) >= 11 is 0. The number of ether oxygens (including phenoxy) is 2. The lowest BCUT2D eigenvalue weighted by Crippen LogP contribution is -2.06. The molecule has 2 rings (SSSR count). The Hall–Kier alpha value is -2.50. The van der Waals surface area contributed by atoms with E-state index in [1.54, 1.807) is 25.3 Å². The molecule has 20 heavy (non-hydrogen) atoms. The van der Waals surface area contributed by atoms with Gasteiger partial charge >= 0.3 is 0 Å². The molecule has 0 aliphatic heterocycles. The molecule has 0 aliphatic carbocycles. The molecule has 2 aromatic rings. The molecule has 0 bridgehead atoms. The zero-order valence-corrected chi connectivity index (χ0v) is 11.5. The summed E-state index contributed by atoms with van der Waals surface area (Å²) in [5, 5.41) is 12.9. The van der Waals surface area contributed by atoms with Gasteiger partial charge in [-0.25, -0.2) is 9.97 Å². The second-order valence-electron chi connectivity index (χ2n) is 4.13. The summed E-state index contributed by atoms with van der Waals surface area (Å²) in [5.74, 6) is 1.84. The fourth-order valence-corrected chi connectivity index (χ4v) is 1.77. The Labute approximate surface area is 117 Å². The number of nitrogens with one attached hydrogen (secondary N) is 1. The van der Waals surface area contributed by atoms with Gasteiger partial charge in [0, 0.05) is 12.6 Å². The third kappa shape index (κ3) is 3.50. The molecule has 1 aromatic carbocycles. The van der Waals surface area contributed by atoms with Crippen LogP contribution in [0.25, 0.3) is 0 Å². The van der Waals surface area contributed by atoms with E-state index in [4.69, 9.17) is 9.47 Å². The van der Waals surface area contributed by atoms with Gasteiger partial charge in [-0.2, -0.15) is 0 Å². The maximum Gasteiger partial charge on any atom is 0.218 e. The lowest BCUT2D eigenvalue weighted by atomic mass is 10.1. The summed E-state index contributed by atoms with van der Waals surface area (Å²) in [6, 6.07) is 7.09. The van der Waals surface area contributed by atoms with Crippen LogP contribution in [0.1, 0.15) is 5.56 Å². The molecule has 0 saturated heterocycles. The summed E-state index contributed by atoms with van der Waals surface area (Å²) in [6.07, 6.45) is 2.20. The van der Waals surface area contributed by atoms with Crippen LogP contribution >= 0.6 is 0 Å². The first kappa shape index (κ1) is 13.9. The van der Waals surface area contributed by atoms with Gasteiger partial charge in [0.15, 0.2) is 11.5 Å². The van der Waals surface area contributed by atoms with E-state index in [0.717, 1.165) is 12.0 Å². The smallest absolute Gasteiger partial charge is 0.218 e. The number of hydrogen-bond donors (Lipinski definition) is 2. The minimum absolute atomic E-state index is 0.147. The average Bonchev–Trinajstić information content (AvgIpc) is 2.48. The number of anilines is 1. The highest BCUT2D eigenvalue weighted by atomic mass is 16.5. The van der Waals surface area contributed by atoms with Gasteiger partial charge in [0.05, 0.1) is 14.2 Å². The quantitative estimate of drug-likeness (QED) is 0.838. The van der Waals surface area contributed by atoms with Crippen molar-refractivity contribution in [3.8, 4) is 17.4 Å². The van der Waals surface area contributed by atoms with Crippen LogP contribution in [-0.4, -0.2) is 35.8 Å². The van der Waals surface area contributed by atoms with Crippen molar-refractivity contribution in [2.24, 2.45) is 0 Å². The Kier molecular flexibility index (Phi) is 4.60. The highest BCUT2D eigenvalue weighted by Gasteiger charge is 2.03. The first-order chi connectivity index (χ1) is 9.72. The molecule has 1 aromatic heterocycles. The Bertz CT molecular complexity index is 575. The van der Waals surface area contributed by atoms with E-state index in [0.29, 0.717) is 24.0 Å². The molecule has 0 radical (unpaired) electrons. The van der Waals surface area contributed by atoms with Crippen LogP contribution < -0.4 is 14.8 Å². The van der Waals surface area contributed by atoms with Gasteiger partial charge in [0.2, 0.25) is 5.88 Å². The first-order valence-corrected chi connectivity index (χ1v) is 6.18. The van der Waals surface area contributed by atoms with Crippen molar-refractivity contribution in [1.29, 1.82) is 0 Å². The van der Waals surface area contributed by atoms with Crippen LogP contribution in [0.4, 0.5) is 5.82 Å². The van der Waals surface area contributed by atoms with Crippen molar-refractivity contribution in [2.45, 2.75) is 6.42 Å². The van der Waals surface area contributed by atoms with E-state index in [-0.39, 0.29) is 5.75 Å². The van der Waals surface area contributed by atoms with E-state index < -0.39 is 0 Å². The highest BCUT2D eigenvalue weighted by Crippen LogP contribution is 2.26. The van der Waals surface area contributed by atoms with Crippen molar-refractivity contribution in [2.75, 3.05) is 26.1 Å². The highest BCUT2D eigenvalue weighted by molar-refractivity contribution is 5.42. The Morgan fingerprint density at radius 3 is 2.70 bits per heavy atom. The van der Waals surface area contributed by atoms with Crippen LogP contribution in [-0.2, 0) is 6.42 Å². The Balaban J connectivity index is 1.90. The summed E-state index contributed by atoms with van der Waals surface area (Å²) in [5.41, 5.74) is 1.01. The molecule has 0 atom stereocenters. The van der Waals surface area contributed by atoms with E-state index in [1.807, 2.05) is 6.07 Å². The first-order valence-electron chi connectivity index (χ1n) is 6.18. The van der Waals surface area contributed by atoms with Gasteiger partial charge in [0.25, 0.3) is 0 Å². The number of nitrogens with zero attached hydrogens (tertiary/aromatic N) is 2. The molecule has 6 nitrogen and oxygen atoms in total. The molecule has 0 fully saturated rings. The summed E-state index contributed by atoms with van der Waals surface area (Å²) in [6.45, 7) is 0.686. The summed E-state index contributed by atoms with van der Waals surface area (Å²) < 4.78 is 10.0. The van der Waals surface area contributed by atoms with Crippen LogP contribution in [0.5, 0.6) is 17.4 Å². The maximum absolute atomic E-state index is 9.69. The van der Waals surface area contributed by atoms with Gasteiger partial charge in [0.1, 0.15) is 12.1 Å². The molecular weight excluding hydrogens is 258 g/mol. The third-order valence-corrected chi connectivity index (χ3v) is 2.81. The Morgan fingerprint density at radius 1 is 1.15 bits per heavy atom. The number of benzene rings is 1. The van der Waals surface area contributed by atoms with Crippen molar-refractivity contribution in [3.05, 3.63) is 36.2 Å². The van der Waals surface area contributed by atoms with Crippen LogP contribution in [0.2, 0.25) is 0 Å². The normalized spacial score (nSPS) is 10.1. The zero-order chi connectivity index (χ0) is 14.4. The minimum atomic E-state index is 0.147. The van der Waals surface area contributed by atoms with Gasteiger partial charge < -0.3 is 19.9 Å². The lowest BCUT2D eigenvalue weighted by molar-refractivity contribution is 0.373. The van der Waals surface area contributed by atoms with Crippen LogP contribution in [0.15, 0.2) is 30.6 Å². The maximum atomic E-state index is 9.69. The molecule has 6 heteroatoms. The van der Waals surface area contributed by atoms with E-state index in [2.05, 4.69) is 15.3 Å². The second kappa shape index (κ2) is 6.60. The molecule has 0 spiro atoms. The average molecular weight is 275 g/mol. The van der Waals surface area contributed by atoms with Gasteiger partial charge in [-0.3, -0.25) is 0 Å². The molecule has 106 valence electrons. The van der Waals surface area contributed by atoms with E-state index in [1.165, 1.54) is 13.4 Å². The van der Waals surface area contributed by atoms with Crippen molar-refractivity contribution < 1.29 is 14.6 Å². The van der Waals surface area contributed by atoms with Crippen LogP contribution in [0.3, 0.4) is 0 Å². The zero-order valence-electron chi connectivity index (χ0n) is 11.5. The molecule has 0 saturated carbocycles. The van der Waals surface area contributed by atoms with Gasteiger partial charge in [-0.15, -0.1) is 0 Å². The number of aromatic hydroxyl groups is 1. The van der Waals surface area contributed by atoms with E-state index >= 15 is 0 Å². The second-order valence-corrected chi connectivity index (χ2v) is 4.13. The van der Waals surface area contributed by atoms with Crippen molar-refractivity contribution in [3.63, 3.8) is 0 Å². The van der Waals surface area contributed by atoms with Gasteiger partial charge in [-0.1, -0.05) is 6.07 Å². The number of phenols is 1. The number of aromatic nitrogens is 2. The number of methoxy groups -OCH3 is 2. The predicted molar refractivity (Wildman–Crippen MR) is 75.4 cm³/mol. The molecule has 2 N–H and O–H groups in total. The molecule has 0 unspecified atom stereocenters.